The van der Waals surface area contributed by atoms with E-state index in [2.05, 4.69) is 4.90 Å². The molecule has 1 N–H and O–H groups in total. The van der Waals surface area contributed by atoms with E-state index >= 15 is 0 Å². The van der Waals surface area contributed by atoms with Gasteiger partial charge in [-0.25, -0.2) is 0 Å². The van der Waals surface area contributed by atoms with E-state index in [4.69, 9.17) is 14.2 Å². The van der Waals surface area contributed by atoms with Crippen molar-refractivity contribution < 1.29 is 24.1 Å². The van der Waals surface area contributed by atoms with Crippen molar-refractivity contribution in [3.63, 3.8) is 0 Å². The molecular weight excluding hydrogens is 358 g/mol. The molecule has 1 aliphatic rings. The van der Waals surface area contributed by atoms with E-state index in [0.29, 0.717) is 17.9 Å². The van der Waals surface area contributed by atoms with E-state index in [1.54, 1.807) is 38.5 Å². The predicted octanol–water partition coefficient (Wildman–Crippen LogP) is 3.04. The van der Waals surface area contributed by atoms with Gasteiger partial charge in [0.25, 0.3) is 0 Å². The van der Waals surface area contributed by atoms with Gasteiger partial charge in [0.1, 0.15) is 36.2 Å². The average molecular weight is 387 g/mol. The summed E-state index contributed by atoms with van der Waals surface area (Å²) in [5.41, 5.74) is 0.625. The first-order valence-corrected chi connectivity index (χ1v) is 9.41. The van der Waals surface area contributed by atoms with Crippen LogP contribution in [-0.4, -0.2) is 62.9 Å². The zero-order valence-electron chi connectivity index (χ0n) is 16.5. The molecule has 0 aromatic heterocycles. The van der Waals surface area contributed by atoms with Crippen LogP contribution in [0.3, 0.4) is 0 Å². The van der Waals surface area contributed by atoms with E-state index < -0.39 is 6.10 Å². The molecule has 1 heterocycles. The van der Waals surface area contributed by atoms with E-state index in [1.807, 2.05) is 24.3 Å². The van der Waals surface area contributed by atoms with Crippen molar-refractivity contribution in [1.29, 1.82) is 0 Å². The molecule has 28 heavy (non-hydrogen) atoms. The van der Waals surface area contributed by atoms with Gasteiger partial charge in [0.2, 0.25) is 0 Å². The Labute approximate surface area is 166 Å². The average Bonchev–Trinajstić information content (AvgIpc) is 3.26. The maximum Gasteiger partial charge on any atom is 0.150 e. The van der Waals surface area contributed by atoms with Gasteiger partial charge in [0.15, 0.2) is 0 Å². The van der Waals surface area contributed by atoms with Crippen LogP contribution >= 0.6 is 0 Å². The van der Waals surface area contributed by atoms with Gasteiger partial charge in [0.05, 0.1) is 14.2 Å². The fraction of sp³-hybridized carbons (Fsp3) is 0.409. The number of carbonyl (C=O) groups excluding carboxylic acids is 1. The highest BCUT2D eigenvalue weighted by Gasteiger charge is 2.16. The summed E-state index contributed by atoms with van der Waals surface area (Å²) in [6, 6.07) is 14.4. The summed E-state index contributed by atoms with van der Waals surface area (Å²) >= 11 is 0. The molecule has 0 saturated carbocycles. The Kier molecular flexibility index (Phi) is 9.31. The van der Waals surface area contributed by atoms with Crippen LogP contribution in [0.15, 0.2) is 48.5 Å². The van der Waals surface area contributed by atoms with Gasteiger partial charge in [-0.3, -0.25) is 4.79 Å². The van der Waals surface area contributed by atoms with Crippen LogP contribution in [0.25, 0.3) is 0 Å². The Morgan fingerprint density at radius 3 is 2.14 bits per heavy atom. The van der Waals surface area contributed by atoms with Crippen molar-refractivity contribution in [1.82, 2.24) is 4.90 Å². The van der Waals surface area contributed by atoms with Crippen molar-refractivity contribution >= 4 is 6.29 Å². The lowest BCUT2D eigenvalue weighted by Gasteiger charge is -2.19. The van der Waals surface area contributed by atoms with Crippen LogP contribution in [0.2, 0.25) is 0 Å². The fourth-order valence-electron chi connectivity index (χ4n) is 2.88. The molecule has 1 atom stereocenters. The molecular formula is C22H29NO5. The molecule has 0 aliphatic carbocycles. The van der Waals surface area contributed by atoms with Crippen molar-refractivity contribution in [2.24, 2.45) is 0 Å². The largest absolute Gasteiger partial charge is 0.497 e. The lowest BCUT2D eigenvalue weighted by atomic mass is 10.2. The highest BCUT2D eigenvalue weighted by Crippen LogP contribution is 2.17. The number of hydrogen-bond donors (Lipinski definition) is 1. The summed E-state index contributed by atoms with van der Waals surface area (Å²) in [6.45, 7) is 3.11. The van der Waals surface area contributed by atoms with Gasteiger partial charge in [-0.1, -0.05) is 6.07 Å². The topological polar surface area (TPSA) is 68.2 Å². The van der Waals surface area contributed by atoms with Crippen molar-refractivity contribution in [2.75, 3.05) is 40.5 Å². The Morgan fingerprint density at radius 1 is 1.00 bits per heavy atom. The zero-order valence-corrected chi connectivity index (χ0v) is 16.5. The first-order chi connectivity index (χ1) is 13.6. The number of hydrogen-bond acceptors (Lipinski definition) is 6. The Bertz CT molecular complexity index is 679. The lowest BCUT2D eigenvalue weighted by Crippen LogP contribution is -2.33. The molecule has 0 bridgehead atoms. The van der Waals surface area contributed by atoms with Gasteiger partial charge < -0.3 is 24.2 Å². The Balaban J connectivity index is 0.000000237. The van der Waals surface area contributed by atoms with Crippen LogP contribution in [0.5, 0.6) is 17.2 Å². The first-order valence-electron chi connectivity index (χ1n) is 9.41. The number of rotatable bonds is 8. The number of nitrogens with zero attached hydrogens (tertiary/aromatic N) is 1. The molecule has 0 spiro atoms. The quantitative estimate of drug-likeness (QED) is 0.702. The van der Waals surface area contributed by atoms with Crippen molar-refractivity contribution in [2.45, 2.75) is 18.9 Å². The molecule has 6 heteroatoms. The molecule has 1 aliphatic heterocycles. The molecule has 1 fully saturated rings. The van der Waals surface area contributed by atoms with E-state index in [9.17, 15) is 9.90 Å². The van der Waals surface area contributed by atoms with Gasteiger partial charge >= 0.3 is 0 Å². The zero-order chi connectivity index (χ0) is 20.2. The number of likely N-dealkylation sites (tertiary alicyclic amines) is 1. The highest BCUT2D eigenvalue weighted by molar-refractivity contribution is 5.74. The van der Waals surface area contributed by atoms with Gasteiger partial charge in [-0.2, -0.15) is 0 Å². The maximum atomic E-state index is 10.5. The van der Waals surface area contributed by atoms with E-state index in [1.165, 1.54) is 12.8 Å². The monoisotopic (exact) mass is 387 g/mol. The number of benzene rings is 2. The number of aliphatic hydroxyl groups excluding tert-OH is 1. The second kappa shape index (κ2) is 12.0. The highest BCUT2D eigenvalue weighted by atomic mass is 16.5. The summed E-state index contributed by atoms with van der Waals surface area (Å²) in [6.07, 6.45) is 2.78. The minimum absolute atomic E-state index is 0.289. The second-order valence-electron chi connectivity index (χ2n) is 6.54. The summed E-state index contributed by atoms with van der Waals surface area (Å²) in [5.74, 6) is 2.32. The molecule has 2 aromatic rings. The molecule has 2 aromatic carbocycles. The third-order valence-corrected chi connectivity index (χ3v) is 4.40. The second-order valence-corrected chi connectivity index (χ2v) is 6.54. The predicted molar refractivity (Wildman–Crippen MR) is 109 cm³/mol. The maximum absolute atomic E-state index is 10.5. The number of β-amino-alcohol motifs (C(OH)–C–C–N with tert-alkyl or cyclic N) is 1. The third-order valence-electron chi connectivity index (χ3n) is 4.40. The van der Waals surface area contributed by atoms with E-state index in [-0.39, 0.29) is 6.61 Å². The van der Waals surface area contributed by atoms with Crippen LogP contribution in [0.4, 0.5) is 0 Å². The van der Waals surface area contributed by atoms with Gasteiger partial charge in [-0.15, -0.1) is 0 Å². The number of carbonyl (C=O) groups is 1. The molecule has 3 rings (SSSR count). The Morgan fingerprint density at radius 2 is 1.61 bits per heavy atom. The molecule has 152 valence electrons. The van der Waals surface area contributed by atoms with Crippen LogP contribution in [0.1, 0.15) is 23.2 Å². The first kappa shape index (κ1) is 21.7. The normalized spacial score (nSPS) is 14.5. The lowest BCUT2D eigenvalue weighted by molar-refractivity contribution is 0.0758. The Hall–Kier alpha value is -2.57. The summed E-state index contributed by atoms with van der Waals surface area (Å²) < 4.78 is 15.4. The molecule has 1 unspecified atom stereocenters. The standard InChI is InChI=1S/C14H19NO3.C8H10O2/c16-10-12-3-5-14(6-4-12)18-11-13(17)9-15-7-1-2-8-15;1-9-7-4-3-5-8(6-7)10-2/h3-6,10,13,17H,1-2,7-9,11H2;3-6H,1-2H3. The summed E-state index contributed by atoms with van der Waals surface area (Å²) in [4.78, 5) is 12.7. The van der Waals surface area contributed by atoms with Crippen LogP contribution in [0, 0.1) is 0 Å². The minimum Gasteiger partial charge on any atom is -0.497 e. The van der Waals surface area contributed by atoms with E-state index in [0.717, 1.165) is 30.9 Å². The third kappa shape index (κ3) is 7.58. The minimum atomic E-state index is -0.464. The molecule has 6 nitrogen and oxygen atoms in total. The van der Waals surface area contributed by atoms with Crippen LogP contribution < -0.4 is 14.2 Å². The number of methoxy groups -OCH3 is 2. The molecule has 0 radical (unpaired) electrons. The van der Waals surface area contributed by atoms with Crippen LogP contribution in [-0.2, 0) is 0 Å². The molecule has 1 saturated heterocycles. The fourth-order valence-corrected chi connectivity index (χ4v) is 2.88. The van der Waals surface area contributed by atoms with Gasteiger partial charge in [0, 0.05) is 18.2 Å². The molecule has 0 amide bonds. The summed E-state index contributed by atoms with van der Waals surface area (Å²) in [5, 5.41) is 9.85. The number of aldehydes is 1. The van der Waals surface area contributed by atoms with Gasteiger partial charge in [-0.05, 0) is 62.3 Å². The number of ether oxygens (including phenoxy) is 3. The van der Waals surface area contributed by atoms with Crippen molar-refractivity contribution in [3.05, 3.63) is 54.1 Å². The summed E-state index contributed by atoms with van der Waals surface area (Å²) in [7, 11) is 3.27. The SMILES string of the molecule is COc1cccc(OC)c1.O=Cc1ccc(OCC(O)CN2CCCC2)cc1. The smallest absolute Gasteiger partial charge is 0.150 e. The number of aliphatic hydroxyl groups is 1. The van der Waals surface area contributed by atoms with Crippen molar-refractivity contribution in [3.8, 4) is 17.2 Å².